The Morgan fingerprint density at radius 2 is 1.60 bits per heavy atom. The Balaban J connectivity index is 1.28. The average molecular weight is 415 g/mol. The maximum Gasteiger partial charge on any atom is 0.337 e. The molecule has 0 radical (unpaired) electrons. The Labute approximate surface area is 177 Å². The molecule has 1 saturated heterocycles. The molecule has 2 aromatic carbocycles. The second kappa shape index (κ2) is 12.0. The molecular weight excluding hydrogens is 384 g/mol. The first-order valence-electron chi connectivity index (χ1n) is 10.3. The fraction of sp³-hybridized carbons (Fsp3) is 0.435. The number of nitrogens with zero attached hydrogens (tertiary/aromatic N) is 1. The van der Waals surface area contributed by atoms with Crippen LogP contribution >= 0.6 is 0 Å². The third-order valence-corrected chi connectivity index (χ3v) is 4.83. The summed E-state index contributed by atoms with van der Waals surface area (Å²) in [4.78, 5) is 13.8. The number of hydrogen-bond donors (Lipinski definition) is 1. The molecule has 1 heterocycles. The van der Waals surface area contributed by atoms with Crippen molar-refractivity contribution < 1.29 is 23.7 Å². The van der Waals surface area contributed by atoms with E-state index in [0.29, 0.717) is 18.8 Å². The molecule has 0 aliphatic carbocycles. The number of carbonyl (C=O) groups is 1. The van der Waals surface area contributed by atoms with Gasteiger partial charge in [0.25, 0.3) is 0 Å². The van der Waals surface area contributed by atoms with Gasteiger partial charge in [-0.05, 0) is 55.0 Å². The summed E-state index contributed by atoms with van der Waals surface area (Å²) in [5, 5.41) is 3.38. The number of morpholine rings is 1. The average Bonchev–Trinajstić information content (AvgIpc) is 2.80. The summed E-state index contributed by atoms with van der Waals surface area (Å²) in [5.41, 5.74) is 1.57. The van der Waals surface area contributed by atoms with E-state index < -0.39 is 0 Å². The van der Waals surface area contributed by atoms with Crippen LogP contribution in [0.5, 0.6) is 11.5 Å². The van der Waals surface area contributed by atoms with Crippen molar-refractivity contribution in [2.45, 2.75) is 6.42 Å². The molecule has 0 amide bonds. The quantitative estimate of drug-likeness (QED) is 0.448. The summed E-state index contributed by atoms with van der Waals surface area (Å²) in [6.07, 6.45) is 0.858. The van der Waals surface area contributed by atoms with Gasteiger partial charge in [0, 0.05) is 31.9 Å². The van der Waals surface area contributed by atoms with Gasteiger partial charge in [0.15, 0.2) is 0 Å². The zero-order chi connectivity index (χ0) is 21.0. The lowest BCUT2D eigenvalue weighted by molar-refractivity contribution is 0.0322. The summed E-state index contributed by atoms with van der Waals surface area (Å²) in [6.45, 7) is 6.59. The molecule has 162 valence electrons. The van der Waals surface area contributed by atoms with Crippen LogP contribution in [0.4, 0.5) is 5.69 Å². The number of nitrogens with one attached hydrogen (secondary N) is 1. The molecule has 7 heteroatoms. The van der Waals surface area contributed by atoms with Gasteiger partial charge in [-0.2, -0.15) is 0 Å². The summed E-state index contributed by atoms with van der Waals surface area (Å²) >= 11 is 0. The van der Waals surface area contributed by atoms with Crippen LogP contribution in [0, 0.1) is 0 Å². The summed E-state index contributed by atoms with van der Waals surface area (Å²) in [5.74, 6) is 1.27. The number of carbonyl (C=O) groups excluding carboxylic acids is 1. The molecule has 0 aromatic heterocycles. The molecule has 0 unspecified atom stereocenters. The van der Waals surface area contributed by atoms with E-state index in [-0.39, 0.29) is 5.97 Å². The number of esters is 1. The van der Waals surface area contributed by atoms with Crippen molar-refractivity contribution >= 4 is 11.7 Å². The minimum Gasteiger partial charge on any atom is -0.494 e. The third-order valence-electron chi connectivity index (χ3n) is 4.83. The molecule has 0 bridgehead atoms. The highest BCUT2D eigenvalue weighted by molar-refractivity contribution is 5.89. The Hall–Kier alpha value is -2.77. The highest BCUT2D eigenvalue weighted by Crippen LogP contribution is 2.16. The van der Waals surface area contributed by atoms with Crippen molar-refractivity contribution in [3.8, 4) is 11.5 Å². The van der Waals surface area contributed by atoms with Crippen molar-refractivity contribution in [2.24, 2.45) is 0 Å². The second-order valence-electron chi connectivity index (χ2n) is 6.97. The summed E-state index contributed by atoms with van der Waals surface area (Å²) in [6, 6.07) is 15.0. The van der Waals surface area contributed by atoms with Crippen LogP contribution in [0.15, 0.2) is 48.5 Å². The monoisotopic (exact) mass is 414 g/mol. The number of ether oxygens (including phenoxy) is 4. The van der Waals surface area contributed by atoms with Crippen LogP contribution < -0.4 is 14.8 Å². The van der Waals surface area contributed by atoms with E-state index in [1.165, 1.54) is 7.11 Å². The Bertz CT molecular complexity index is 758. The number of methoxy groups -OCH3 is 1. The van der Waals surface area contributed by atoms with Gasteiger partial charge in [-0.15, -0.1) is 0 Å². The Morgan fingerprint density at radius 1 is 0.967 bits per heavy atom. The van der Waals surface area contributed by atoms with Gasteiger partial charge in [-0.1, -0.05) is 0 Å². The highest BCUT2D eigenvalue weighted by atomic mass is 16.5. The van der Waals surface area contributed by atoms with Crippen molar-refractivity contribution in [1.29, 1.82) is 0 Å². The molecule has 1 N–H and O–H groups in total. The zero-order valence-corrected chi connectivity index (χ0v) is 17.5. The maximum atomic E-state index is 11.4. The minimum absolute atomic E-state index is 0.348. The second-order valence-corrected chi connectivity index (χ2v) is 6.97. The Morgan fingerprint density at radius 3 is 2.27 bits per heavy atom. The third kappa shape index (κ3) is 7.24. The van der Waals surface area contributed by atoms with Gasteiger partial charge < -0.3 is 24.3 Å². The predicted octanol–water partition coefficient (Wildman–Crippen LogP) is 3.07. The smallest absolute Gasteiger partial charge is 0.337 e. The lowest BCUT2D eigenvalue weighted by Crippen LogP contribution is -2.38. The molecule has 2 aromatic rings. The lowest BCUT2D eigenvalue weighted by atomic mass is 10.2. The number of anilines is 1. The Kier molecular flexibility index (Phi) is 8.80. The number of rotatable bonds is 11. The van der Waals surface area contributed by atoms with Gasteiger partial charge in [0.2, 0.25) is 0 Å². The van der Waals surface area contributed by atoms with E-state index in [0.717, 1.165) is 63.0 Å². The maximum absolute atomic E-state index is 11.4. The molecule has 1 aliphatic heterocycles. The zero-order valence-electron chi connectivity index (χ0n) is 17.5. The first kappa shape index (κ1) is 21.9. The molecule has 3 rings (SSSR count). The lowest BCUT2D eigenvalue weighted by Gasteiger charge is -2.26. The normalized spacial score (nSPS) is 14.2. The fourth-order valence-corrected chi connectivity index (χ4v) is 3.09. The molecule has 1 fully saturated rings. The summed E-state index contributed by atoms with van der Waals surface area (Å²) in [7, 11) is 1.37. The molecular formula is C23H30N2O5. The molecule has 0 atom stereocenters. The van der Waals surface area contributed by atoms with Gasteiger partial charge in [-0.3, -0.25) is 4.90 Å². The van der Waals surface area contributed by atoms with Crippen molar-refractivity contribution in [3.05, 3.63) is 54.1 Å². The van der Waals surface area contributed by atoms with Crippen LogP contribution in [0.25, 0.3) is 0 Å². The first-order valence-corrected chi connectivity index (χ1v) is 10.3. The van der Waals surface area contributed by atoms with E-state index in [2.05, 4.69) is 15.0 Å². The number of hydrogen-bond acceptors (Lipinski definition) is 7. The molecule has 7 nitrogen and oxygen atoms in total. The SMILES string of the molecule is COC(=O)c1ccc(OCCCNc2ccc(OCCN3CCOCC3)cc2)cc1. The van der Waals surface area contributed by atoms with Gasteiger partial charge in [-0.25, -0.2) is 4.79 Å². The van der Waals surface area contributed by atoms with Gasteiger partial charge >= 0.3 is 5.97 Å². The topological polar surface area (TPSA) is 69.3 Å². The van der Waals surface area contributed by atoms with Gasteiger partial charge in [0.05, 0.1) is 32.5 Å². The van der Waals surface area contributed by atoms with E-state index in [1.807, 2.05) is 24.3 Å². The minimum atomic E-state index is -0.348. The highest BCUT2D eigenvalue weighted by Gasteiger charge is 2.09. The first-order chi connectivity index (χ1) is 14.7. The van der Waals surface area contributed by atoms with E-state index >= 15 is 0 Å². The van der Waals surface area contributed by atoms with Gasteiger partial charge in [0.1, 0.15) is 18.1 Å². The standard InChI is InChI=1S/C23H30N2O5/c1-27-23(26)19-3-7-21(8-4-19)29-15-2-11-24-20-5-9-22(10-6-20)30-18-14-25-12-16-28-17-13-25/h3-10,24H,2,11-18H2,1H3. The predicted molar refractivity (Wildman–Crippen MR) is 116 cm³/mol. The van der Waals surface area contributed by atoms with Crippen LogP contribution in [-0.2, 0) is 9.47 Å². The van der Waals surface area contributed by atoms with Crippen molar-refractivity contribution in [3.63, 3.8) is 0 Å². The van der Waals surface area contributed by atoms with Crippen molar-refractivity contribution in [1.82, 2.24) is 4.90 Å². The van der Waals surface area contributed by atoms with E-state index in [1.54, 1.807) is 24.3 Å². The summed E-state index contributed by atoms with van der Waals surface area (Å²) < 4.78 is 21.6. The molecule has 30 heavy (non-hydrogen) atoms. The van der Waals surface area contributed by atoms with Crippen molar-refractivity contribution in [2.75, 3.05) is 65.0 Å². The van der Waals surface area contributed by atoms with Crippen LogP contribution in [0.3, 0.4) is 0 Å². The molecule has 1 aliphatic rings. The fourth-order valence-electron chi connectivity index (χ4n) is 3.09. The number of benzene rings is 2. The molecule has 0 spiro atoms. The van der Waals surface area contributed by atoms with Crippen LogP contribution in [0.2, 0.25) is 0 Å². The van der Waals surface area contributed by atoms with E-state index in [9.17, 15) is 4.79 Å². The van der Waals surface area contributed by atoms with Crippen LogP contribution in [0.1, 0.15) is 16.8 Å². The van der Waals surface area contributed by atoms with E-state index in [4.69, 9.17) is 14.2 Å². The largest absolute Gasteiger partial charge is 0.494 e. The molecule has 0 saturated carbocycles. The van der Waals surface area contributed by atoms with Crippen LogP contribution in [-0.4, -0.2) is 70.6 Å².